The second-order valence-corrected chi connectivity index (χ2v) is 10.7. The van der Waals surface area contributed by atoms with Crippen LogP contribution in [0.2, 0.25) is 5.02 Å². The quantitative estimate of drug-likeness (QED) is 0.375. The first-order valence-corrected chi connectivity index (χ1v) is 12.7. The lowest BCUT2D eigenvalue weighted by molar-refractivity contribution is -0.147. The summed E-state index contributed by atoms with van der Waals surface area (Å²) in [4.78, 5) is 35.3. The molecule has 2 heterocycles. The van der Waals surface area contributed by atoms with E-state index in [-0.39, 0.29) is 23.7 Å². The fourth-order valence-corrected chi connectivity index (χ4v) is 5.34. The second-order valence-electron chi connectivity index (χ2n) is 10.3. The highest BCUT2D eigenvalue weighted by Crippen LogP contribution is 2.45. The van der Waals surface area contributed by atoms with E-state index < -0.39 is 34.9 Å². The van der Waals surface area contributed by atoms with Crippen molar-refractivity contribution in [1.29, 1.82) is 0 Å². The van der Waals surface area contributed by atoms with Crippen molar-refractivity contribution in [3.63, 3.8) is 0 Å². The summed E-state index contributed by atoms with van der Waals surface area (Å²) in [5.41, 5.74) is -1.45. The van der Waals surface area contributed by atoms with Gasteiger partial charge >= 0.3 is 6.09 Å². The first-order valence-electron chi connectivity index (χ1n) is 12.4. The van der Waals surface area contributed by atoms with Gasteiger partial charge in [0.15, 0.2) is 17.3 Å². The topological polar surface area (TPSA) is 126 Å². The lowest BCUT2D eigenvalue weighted by Crippen LogP contribution is -2.70. The number of carbonyl (C=O) groups is 2. The van der Waals surface area contributed by atoms with Crippen molar-refractivity contribution >= 4 is 46.0 Å². The van der Waals surface area contributed by atoms with Crippen molar-refractivity contribution in [2.45, 2.75) is 45.3 Å². The highest BCUT2D eigenvalue weighted by molar-refractivity contribution is 6.31. The van der Waals surface area contributed by atoms with Crippen molar-refractivity contribution in [2.75, 3.05) is 26.0 Å². The van der Waals surface area contributed by atoms with Crippen molar-refractivity contribution in [3.8, 4) is 11.5 Å². The molecule has 1 aliphatic heterocycles. The molecule has 12 heteroatoms. The largest absolute Gasteiger partial charge is 0.493 e. The molecular weight excluding hydrogens is 529 g/mol. The number of nitrogens with zero attached hydrogens (tertiary/aromatic N) is 3. The molecule has 0 saturated carbocycles. The van der Waals surface area contributed by atoms with Crippen LogP contribution in [-0.2, 0) is 4.79 Å². The van der Waals surface area contributed by atoms with Gasteiger partial charge in [0.2, 0.25) is 5.91 Å². The fraction of sp³-hybridized carbons (Fsp3) is 0.407. The minimum absolute atomic E-state index is 0.0322. The number of likely N-dealkylation sites (N-methyl/N-ethyl adjacent to an activating group) is 1. The van der Waals surface area contributed by atoms with Crippen LogP contribution in [0.3, 0.4) is 0 Å². The number of hydrogen-bond donors (Lipinski definition) is 3. The lowest BCUT2D eigenvalue weighted by atomic mass is 9.66. The maximum Gasteiger partial charge on any atom is 0.408 e. The van der Waals surface area contributed by atoms with Crippen LogP contribution in [0, 0.1) is 11.2 Å². The zero-order valence-electron chi connectivity index (χ0n) is 22.3. The highest BCUT2D eigenvalue weighted by Gasteiger charge is 2.58. The van der Waals surface area contributed by atoms with Crippen LogP contribution in [0.5, 0.6) is 11.5 Å². The molecule has 0 spiro atoms. The molecule has 1 aromatic heterocycles. The molecule has 1 aliphatic rings. The number of benzene rings is 2. The molecule has 2 aromatic carbocycles. The summed E-state index contributed by atoms with van der Waals surface area (Å²) < 4.78 is 26.6. The maximum atomic E-state index is 14.6. The number of aromatic nitrogens is 2. The molecule has 2 atom stereocenters. The molecule has 3 aromatic rings. The zero-order chi connectivity index (χ0) is 28.5. The summed E-state index contributed by atoms with van der Waals surface area (Å²) in [7, 11) is 2.98. The monoisotopic (exact) mass is 559 g/mol. The first-order chi connectivity index (χ1) is 18.4. The van der Waals surface area contributed by atoms with Gasteiger partial charge in [0.05, 0.1) is 23.3 Å². The average molecular weight is 560 g/mol. The van der Waals surface area contributed by atoms with E-state index in [9.17, 15) is 19.1 Å². The Hall–Kier alpha value is -3.86. The number of piperidine rings is 1. The Kier molecular flexibility index (Phi) is 7.74. The molecule has 208 valence electrons. The van der Waals surface area contributed by atoms with Gasteiger partial charge in [-0.25, -0.2) is 19.2 Å². The van der Waals surface area contributed by atoms with Gasteiger partial charge < -0.3 is 25.2 Å². The molecule has 0 unspecified atom stereocenters. The molecule has 0 radical (unpaired) electrons. The summed E-state index contributed by atoms with van der Waals surface area (Å²) in [5, 5.41) is 16.1. The smallest absolute Gasteiger partial charge is 0.408 e. The molecule has 10 nitrogen and oxygen atoms in total. The molecular formula is C27H31ClFN5O5. The summed E-state index contributed by atoms with van der Waals surface area (Å²) >= 11 is 5.94. The first kappa shape index (κ1) is 28.2. The number of rotatable bonds is 6. The van der Waals surface area contributed by atoms with E-state index in [1.54, 1.807) is 18.2 Å². The molecule has 0 aliphatic carbocycles. The number of carboxylic acid groups (broad SMARTS) is 1. The van der Waals surface area contributed by atoms with Gasteiger partial charge in [-0.05, 0) is 23.6 Å². The van der Waals surface area contributed by atoms with E-state index in [2.05, 4.69) is 20.6 Å². The number of amides is 2. The number of anilines is 2. The van der Waals surface area contributed by atoms with E-state index in [1.165, 1.54) is 37.5 Å². The number of methoxy groups -OCH3 is 1. The number of hydrogen-bond acceptors (Lipinski definition) is 7. The molecule has 1 fully saturated rings. The SMILES string of the molecule is CNC(=O)[C@@]1(C(C)(C)C)C[C@@H](Oc2cc3c(Nc4cccc(Cl)c4F)ncnc3cc2OC)CCN1C(=O)O. The van der Waals surface area contributed by atoms with E-state index in [1.807, 2.05) is 20.8 Å². The van der Waals surface area contributed by atoms with Crippen molar-refractivity contribution < 1.29 is 28.6 Å². The van der Waals surface area contributed by atoms with Crippen molar-refractivity contribution in [1.82, 2.24) is 20.2 Å². The normalized spacial score (nSPS) is 19.5. The second kappa shape index (κ2) is 10.7. The van der Waals surface area contributed by atoms with E-state index in [4.69, 9.17) is 21.1 Å². The Bertz CT molecular complexity index is 1420. The number of likely N-dealkylation sites (tertiary alicyclic amines) is 1. The van der Waals surface area contributed by atoms with Crippen LogP contribution < -0.4 is 20.1 Å². The fourth-order valence-electron chi connectivity index (χ4n) is 5.16. The molecule has 2 amide bonds. The minimum atomic E-state index is -1.37. The van der Waals surface area contributed by atoms with Gasteiger partial charge in [-0.3, -0.25) is 9.69 Å². The number of carbonyl (C=O) groups excluding carboxylic acids is 1. The summed E-state index contributed by atoms with van der Waals surface area (Å²) in [5.74, 6) is 0.0446. The standard InChI is InChI=1S/C27H31ClFN5O5/c1-26(2,3)27(24(35)30-4)13-15(9-10-34(27)25(36)37)39-21-11-16-19(12-20(21)38-5)31-14-32-23(16)33-18-8-6-7-17(28)22(18)29/h6-8,11-12,14-15H,9-10,13H2,1-5H3,(H,30,35)(H,36,37)(H,31,32,33)/t15-,27+/m0/s1. The summed E-state index contributed by atoms with van der Waals surface area (Å²) in [6.07, 6.45) is 0.127. The highest BCUT2D eigenvalue weighted by atomic mass is 35.5. The van der Waals surface area contributed by atoms with Crippen LogP contribution in [0.25, 0.3) is 10.9 Å². The van der Waals surface area contributed by atoms with Gasteiger partial charge in [0.25, 0.3) is 0 Å². The van der Waals surface area contributed by atoms with Crippen LogP contribution in [0.1, 0.15) is 33.6 Å². The van der Waals surface area contributed by atoms with Gasteiger partial charge in [0, 0.05) is 37.9 Å². The van der Waals surface area contributed by atoms with Crippen LogP contribution in [0.4, 0.5) is 20.7 Å². The van der Waals surface area contributed by atoms with Gasteiger partial charge in [-0.15, -0.1) is 0 Å². The van der Waals surface area contributed by atoms with E-state index in [0.29, 0.717) is 34.6 Å². The number of nitrogens with one attached hydrogen (secondary N) is 2. The summed E-state index contributed by atoms with van der Waals surface area (Å²) in [6.45, 7) is 5.61. The third kappa shape index (κ3) is 5.10. The van der Waals surface area contributed by atoms with E-state index in [0.717, 1.165) is 0 Å². The Balaban J connectivity index is 1.74. The van der Waals surface area contributed by atoms with Gasteiger partial charge in [0.1, 0.15) is 23.8 Å². The van der Waals surface area contributed by atoms with Crippen LogP contribution in [0.15, 0.2) is 36.7 Å². The third-order valence-electron chi connectivity index (χ3n) is 7.15. The van der Waals surface area contributed by atoms with Gasteiger partial charge in [-0.2, -0.15) is 0 Å². The molecule has 4 rings (SSSR count). The number of ether oxygens (including phenoxy) is 2. The maximum absolute atomic E-state index is 14.6. The van der Waals surface area contributed by atoms with E-state index >= 15 is 0 Å². The van der Waals surface area contributed by atoms with Crippen LogP contribution >= 0.6 is 11.6 Å². The average Bonchev–Trinajstić information content (AvgIpc) is 2.89. The predicted octanol–water partition coefficient (Wildman–Crippen LogP) is 5.23. The molecule has 0 bridgehead atoms. The Morgan fingerprint density at radius 3 is 2.62 bits per heavy atom. The van der Waals surface area contributed by atoms with Crippen molar-refractivity contribution in [2.24, 2.45) is 5.41 Å². The third-order valence-corrected chi connectivity index (χ3v) is 7.44. The summed E-state index contributed by atoms with van der Waals surface area (Å²) in [6, 6.07) is 7.96. The molecule has 3 N–H and O–H groups in total. The molecule has 1 saturated heterocycles. The van der Waals surface area contributed by atoms with Crippen LogP contribution in [-0.4, -0.2) is 64.3 Å². The lowest BCUT2D eigenvalue weighted by Gasteiger charge is -2.53. The predicted molar refractivity (Wildman–Crippen MR) is 145 cm³/mol. The molecule has 39 heavy (non-hydrogen) atoms. The number of fused-ring (bicyclic) bond motifs is 1. The number of halogens is 2. The minimum Gasteiger partial charge on any atom is -0.493 e. The Labute approximate surface area is 230 Å². The van der Waals surface area contributed by atoms with Gasteiger partial charge in [-0.1, -0.05) is 38.4 Å². The zero-order valence-corrected chi connectivity index (χ0v) is 23.1. The Morgan fingerprint density at radius 2 is 1.97 bits per heavy atom. The Morgan fingerprint density at radius 1 is 1.23 bits per heavy atom. The van der Waals surface area contributed by atoms with Crippen molar-refractivity contribution in [3.05, 3.63) is 47.5 Å².